The summed E-state index contributed by atoms with van der Waals surface area (Å²) >= 11 is 5.92. The minimum Gasteiger partial charge on any atom is -0.368 e. The number of para-hydroxylation sites is 1. The van der Waals surface area contributed by atoms with Crippen LogP contribution in [-0.2, 0) is 10.2 Å². The van der Waals surface area contributed by atoms with Crippen molar-refractivity contribution in [2.24, 2.45) is 5.92 Å². The highest BCUT2D eigenvalue weighted by atomic mass is 35.5. The first-order valence-corrected chi connectivity index (χ1v) is 14.4. The maximum absolute atomic E-state index is 14.2. The largest absolute Gasteiger partial charge is 0.368 e. The first-order valence-electron chi connectivity index (χ1n) is 14.1. The molecule has 6 rings (SSSR count). The molecule has 2 fully saturated rings. The molecule has 0 bridgehead atoms. The molecular formula is C31H29ClF2N6O2. The molecule has 1 aromatic carbocycles. The number of halogens is 3. The average Bonchev–Trinajstić information content (AvgIpc) is 3.54. The van der Waals surface area contributed by atoms with Crippen molar-refractivity contribution < 1.29 is 18.4 Å². The molecule has 0 radical (unpaired) electrons. The minimum absolute atomic E-state index is 0.0806. The minimum atomic E-state index is -2.88. The van der Waals surface area contributed by atoms with Gasteiger partial charge in [0.05, 0.1) is 21.7 Å². The van der Waals surface area contributed by atoms with E-state index < -0.39 is 23.4 Å². The fraction of sp³-hybridized carbons (Fsp3) is 0.387. The molecule has 216 valence electrons. The van der Waals surface area contributed by atoms with Crippen molar-refractivity contribution in [1.82, 2.24) is 15.3 Å². The van der Waals surface area contributed by atoms with E-state index in [1.165, 1.54) is 6.07 Å². The van der Waals surface area contributed by atoms with Gasteiger partial charge >= 0.3 is 0 Å². The van der Waals surface area contributed by atoms with Crippen LogP contribution in [0.5, 0.6) is 0 Å². The van der Waals surface area contributed by atoms with Crippen molar-refractivity contribution in [2.75, 3.05) is 29.4 Å². The second-order valence-electron chi connectivity index (χ2n) is 11.2. The van der Waals surface area contributed by atoms with Gasteiger partial charge in [0.2, 0.25) is 5.91 Å². The predicted octanol–water partition coefficient (Wildman–Crippen LogP) is 5.42. The number of carbonyl (C=O) groups is 2. The van der Waals surface area contributed by atoms with Crippen LogP contribution in [0.3, 0.4) is 0 Å². The van der Waals surface area contributed by atoms with Crippen molar-refractivity contribution in [1.29, 1.82) is 5.26 Å². The van der Waals surface area contributed by atoms with Gasteiger partial charge < -0.3 is 15.1 Å². The van der Waals surface area contributed by atoms with Crippen LogP contribution in [0.15, 0.2) is 54.9 Å². The fourth-order valence-electron chi connectivity index (χ4n) is 6.74. The summed E-state index contributed by atoms with van der Waals surface area (Å²) in [6, 6.07) is 14.9. The van der Waals surface area contributed by atoms with Gasteiger partial charge in [-0.25, -0.2) is 13.8 Å². The predicted molar refractivity (Wildman–Crippen MR) is 154 cm³/mol. The molecule has 1 saturated carbocycles. The summed E-state index contributed by atoms with van der Waals surface area (Å²) in [5.74, 6) is -0.291. The number of carbonyl (C=O) groups excluding carboxylic acids is 2. The lowest BCUT2D eigenvalue weighted by atomic mass is 9.81. The molecule has 3 aliphatic rings. The number of nitrogens with zero attached hydrogens (tertiary/aromatic N) is 5. The molecule has 4 heterocycles. The van der Waals surface area contributed by atoms with Crippen molar-refractivity contribution in [3.8, 4) is 6.07 Å². The number of alkyl halides is 2. The number of fused-ring (bicyclic) bond motifs is 2. The number of pyridine rings is 2. The summed E-state index contributed by atoms with van der Waals surface area (Å²) < 4.78 is 26.8. The summed E-state index contributed by atoms with van der Waals surface area (Å²) in [6.45, 7) is 1.70. The quantitative estimate of drug-likeness (QED) is 0.411. The average molecular weight is 591 g/mol. The van der Waals surface area contributed by atoms with Crippen LogP contribution in [0.4, 0.5) is 20.2 Å². The van der Waals surface area contributed by atoms with E-state index in [1.807, 2.05) is 35.2 Å². The smallest absolute Gasteiger partial charge is 0.281 e. The van der Waals surface area contributed by atoms with E-state index in [-0.39, 0.29) is 28.5 Å². The first kappa shape index (κ1) is 28.0. The lowest BCUT2D eigenvalue weighted by molar-refractivity contribution is -0.122. The van der Waals surface area contributed by atoms with Crippen LogP contribution in [0.1, 0.15) is 65.8 Å². The van der Waals surface area contributed by atoms with E-state index in [4.69, 9.17) is 11.6 Å². The number of hydrogen-bond donors (Lipinski definition) is 1. The van der Waals surface area contributed by atoms with E-state index in [9.17, 15) is 23.6 Å². The Balaban J connectivity index is 1.13. The van der Waals surface area contributed by atoms with Gasteiger partial charge in [0.1, 0.15) is 11.8 Å². The summed E-state index contributed by atoms with van der Waals surface area (Å²) in [7, 11) is 0. The van der Waals surface area contributed by atoms with Gasteiger partial charge in [-0.1, -0.05) is 29.8 Å². The molecule has 2 aliphatic heterocycles. The number of benzene rings is 1. The van der Waals surface area contributed by atoms with Gasteiger partial charge in [-0.2, -0.15) is 5.26 Å². The number of hydrogen-bond acceptors (Lipinski definition) is 6. The van der Waals surface area contributed by atoms with Crippen LogP contribution < -0.4 is 15.1 Å². The van der Waals surface area contributed by atoms with E-state index in [0.717, 1.165) is 36.0 Å². The van der Waals surface area contributed by atoms with Crippen molar-refractivity contribution in [3.05, 3.63) is 82.4 Å². The van der Waals surface area contributed by atoms with Gasteiger partial charge in [0.15, 0.2) is 5.69 Å². The molecule has 42 heavy (non-hydrogen) atoms. The van der Waals surface area contributed by atoms with E-state index in [0.29, 0.717) is 44.6 Å². The molecule has 3 aromatic rings. The van der Waals surface area contributed by atoms with Crippen LogP contribution in [-0.4, -0.2) is 47.5 Å². The number of amides is 2. The van der Waals surface area contributed by atoms with E-state index in [2.05, 4.69) is 26.3 Å². The number of nitriles is 1. The molecular weight excluding hydrogens is 562 g/mol. The lowest BCUT2D eigenvalue weighted by Crippen LogP contribution is -2.45. The Hall–Kier alpha value is -4.10. The summed E-state index contributed by atoms with van der Waals surface area (Å²) in [4.78, 5) is 38.8. The Morgan fingerprint density at radius 1 is 1.14 bits per heavy atom. The van der Waals surface area contributed by atoms with Gasteiger partial charge in [0.25, 0.3) is 12.3 Å². The van der Waals surface area contributed by atoms with Gasteiger partial charge in [-0.05, 0) is 67.9 Å². The molecule has 1 aliphatic carbocycles. The van der Waals surface area contributed by atoms with Crippen molar-refractivity contribution in [3.63, 3.8) is 0 Å². The standard InChI is InChI=1S/C31H29ClF2N6O2/c32-20-14-22(27(28(33)34)37-16-20)29(41)38-21-9-7-19(8-10-21)17-40-25-5-2-1-4-23(25)31(30(40)42)11-13-39(18-31)26-6-3-12-36-24(26)15-35/h1-6,12,14,16,19,21,28H,7-11,13,17-18H2,(H,38,41). The molecule has 1 N–H and O–H groups in total. The SMILES string of the molecule is N#Cc1ncccc1N1CCC2(C1)C(=O)N(CC1CCC(NC(=O)c3cc(Cl)cnc3C(F)F)CC1)c1ccccc12. The third-order valence-corrected chi connectivity index (χ3v) is 9.03. The maximum Gasteiger partial charge on any atom is 0.281 e. The highest BCUT2D eigenvalue weighted by Crippen LogP contribution is 2.49. The third-order valence-electron chi connectivity index (χ3n) is 8.83. The van der Waals surface area contributed by atoms with Crippen LogP contribution >= 0.6 is 11.6 Å². The Kier molecular flexibility index (Phi) is 7.54. The second kappa shape index (κ2) is 11.3. The van der Waals surface area contributed by atoms with Gasteiger partial charge in [0, 0.05) is 43.8 Å². The van der Waals surface area contributed by atoms with E-state index >= 15 is 0 Å². The second-order valence-corrected chi connectivity index (χ2v) is 11.7. The number of aromatic nitrogens is 2. The molecule has 1 unspecified atom stereocenters. The highest BCUT2D eigenvalue weighted by Gasteiger charge is 2.54. The molecule has 1 saturated heterocycles. The van der Waals surface area contributed by atoms with E-state index in [1.54, 1.807) is 12.3 Å². The van der Waals surface area contributed by atoms with Gasteiger partial charge in [-0.15, -0.1) is 0 Å². The summed E-state index contributed by atoms with van der Waals surface area (Å²) in [5.41, 5.74) is 1.58. The summed E-state index contributed by atoms with van der Waals surface area (Å²) in [5, 5.41) is 12.6. The number of rotatable bonds is 6. The van der Waals surface area contributed by atoms with Gasteiger partial charge in [-0.3, -0.25) is 14.6 Å². The Morgan fingerprint density at radius 3 is 2.67 bits per heavy atom. The van der Waals surface area contributed by atoms with Crippen LogP contribution in [0.2, 0.25) is 5.02 Å². The van der Waals surface area contributed by atoms with Crippen LogP contribution in [0, 0.1) is 17.2 Å². The van der Waals surface area contributed by atoms with Crippen molar-refractivity contribution >= 4 is 34.8 Å². The molecule has 2 aromatic heterocycles. The highest BCUT2D eigenvalue weighted by molar-refractivity contribution is 6.30. The molecule has 11 heteroatoms. The number of nitrogens with one attached hydrogen (secondary N) is 1. The zero-order valence-electron chi connectivity index (χ0n) is 22.8. The Morgan fingerprint density at radius 2 is 1.90 bits per heavy atom. The maximum atomic E-state index is 14.2. The zero-order valence-corrected chi connectivity index (χ0v) is 23.5. The number of anilines is 2. The van der Waals surface area contributed by atoms with Crippen LogP contribution in [0.25, 0.3) is 0 Å². The topological polar surface area (TPSA) is 102 Å². The summed E-state index contributed by atoms with van der Waals surface area (Å²) in [6.07, 6.45) is 3.40. The fourth-order valence-corrected chi connectivity index (χ4v) is 6.90. The Labute approximate surface area is 247 Å². The molecule has 2 amide bonds. The molecule has 1 spiro atoms. The molecule has 8 nitrogen and oxygen atoms in total. The zero-order chi connectivity index (χ0) is 29.4. The third kappa shape index (κ3) is 4.96. The lowest BCUT2D eigenvalue weighted by Gasteiger charge is -2.32. The van der Waals surface area contributed by atoms with Crippen molar-refractivity contribution in [2.45, 2.75) is 50.0 Å². The first-order chi connectivity index (χ1) is 20.3. The normalized spacial score (nSPS) is 23.4. The monoisotopic (exact) mass is 590 g/mol. The Bertz CT molecular complexity index is 1570. The molecule has 1 atom stereocenters.